The minimum Gasteiger partial charge on any atom is -0.326 e. The van der Waals surface area contributed by atoms with Crippen molar-refractivity contribution >= 4 is 10.0 Å². The Hall–Kier alpha value is -0.980. The number of aromatic nitrogens is 1. The molecular formula is C14H23N3O2S. The zero-order valence-corrected chi connectivity index (χ0v) is 12.5. The van der Waals surface area contributed by atoms with Gasteiger partial charge in [-0.25, -0.2) is 18.1 Å². The Balaban J connectivity index is 2.04. The van der Waals surface area contributed by atoms with E-state index in [4.69, 9.17) is 5.73 Å². The summed E-state index contributed by atoms with van der Waals surface area (Å²) in [5.74, 6) is 0. The molecule has 0 saturated heterocycles. The van der Waals surface area contributed by atoms with Gasteiger partial charge in [-0.05, 0) is 24.5 Å². The Bertz CT molecular complexity index is 506. The van der Waals surface area contributed by atoms with Gasteiger partial charge in [0.1, 0.15) is 0 Å². The standard InChI is InChI=1S/C14H23N3O2S/c15-10-12-8-9-14(16-11-12)20(18,19)17-13-6-4-2-1-3-5-7-13/h8-9,11,13,17H,1-7,10,15H2. The third kappa shape index (κ3) is 4.26. The van der Waals surface area contributed by atoms with E-state index in [1.54, 1.807) is 6.07 Å². The van der Waals surface area contributed by atoms with Crippen molar-refractivity contribution < 1.29 is 8.42 Å². The van der Waals surface area contributed by atoms with E-state index < -0.39 is 10.0 Å². The molecule has 1 aliphatic rings. The zero-order chi connectivity index (χ0) is 14.4. The fourth-order valence-electron chi connectivity index (χ4n) is 2.54. The maximum absolute atomic E-state index is 12.3. The summed E-state index contributed by atoms with van der Waals surface area (Å²) >= 11 is 0. The first-order valence-electron chi connectivity index (χ1n) is 7.29. The van der Waals surface area contributed by atoms with Gasteiger partial charge in [0.25, 0.3) is 10.0 Å². The van der Waals surface area contributed by atoms with E-state index in [2.05, 4.69) is 9.71 Å². The van der Waals surface area contributed by atoms with Crippen LogP contribution in [0.1, 0.15) is 50.5 Å². The van der Waals surface area contributed by atoms with Crippen LogP contribution >= 0.6 is 0 Å². The molecule has 112 valence electrons. The summed E-state index contributed by atoms with van der Waals surface area (Å²) in [6.07, 6.45) is 9.19. The van der Waals surface area contributed by atoms with E-state index in [1.807, 2.05) is 0 Å². The number of nitrogens with one attached hydrogen (secondary N) is 1. The van der Waals surface area contributed by atoms with Crippen LogP contribution in [0.4, 0.5) is 0 Å². The topological polar surface area (TPSA) is 85.1 Å². The van der Waals surface area contributed by atoms with Gasteiger partial charge in [-0.1, -0.05) is 38.2 Å². The fraction of sp³-hybridized carbons (Fsp3) is 0.643. The fourth-order valence-corrected chi connectivity index (χ4v) is 3.78. The van der Waals surface area contributed by atoms with Crippen LogP contribution in [0.15, 0.2) is 23.4 Å². The lowest BCUT2D eigenvalue weighted by Crippen LogP contribution is -2.35. The van der Waals surface area contributed by atoms with E-state index in [9.17, 15) is 8.42 Å². The van der Waals surface area contributed by atoms with Gasteiger partial charge in [-0.2, -0.15) is 0 Å². The molecule has 1 heterocycles. The molecule has 0 bridgehead atoms. The van der Waals surface area contributed by atoms with Crippen LogP contribution in [0.2, 0.25) is 0 Å². The van der Waals surface area contributed by atoms with Crippen molar-refractivity contribution in [2.75, 3.05) is 0 Å². The van der Waals surface area contributed by atoms with Crippen molar-refractivity contribution in [1.29, 1.82) is 0 Å². The third-order valence-corrected chi connectivity index (χ3v) is 5.17. The normalized spacial score (nSPS) is 18.4. The monoisotopic (exact) mass is 297 g/mol. The lowest BCUT2D eigenvalue weighted by atomic mass is 9.97. The molecule has 0 atom stereocenters. The van der Waals surface area contributed by atoms with E-state index in [-0.39, 0.29) is 11.1 Å². The second-order valence-electron chi connectivity index (χ2n) is 5.37. The lowest BCUT2D eigenvalue weighted by Gasteiger charge is -2.20. The van der Waals surface area contributed by atoms with Crippen molar-refractivity contribution in [2.24, 2.45) is 5.73 Å². The molecule has 1 fully saturated rings. The van der Waals surface area contributed by atoms with E-state index in [0.717, 1.165) is 31.2 Å². The van der Waals surface area contributed by atoms with Crippen molar-refractivity contribution in [3.05, 3.63) is 23.9 Å². The maximum atomic E-state index is 12.3. The highest BCUT2D eigenvalue weighted by Gasteiger charge is 2.21. The van der Waals surface area contributed by atoms with Gasteiger partial charge in [0, 0.05) is 18.8 Å². The summed E-state index contributed by atoms with van der Waals surface area (Å²) in [4.78, 5) is 4.00. The Morgan fingerprint density at radius 3 is 2.35 bits per heavy atom. The molecule has 1 aromatic heterocycles. The van der Waals surface area contributed by atoms with E-state index >= 15 is 0 Å². The Morgan fingerprint density at radius 2 is 1.80 bits per heavy atom. The minimum atomic E-state index is -3.51. The molecule has 1 saturated carbocycles. The number of hydrogen-bond acceptors (Lipinski definition) is 4. The van der Waals surface area contributed by atoms with Crippen molar-refractivity contribution in [2.45, 2.75) is 62.6 Å². The average molecular weight is 297 g/mol. The summed E-state index contributed by atoms with van der Waals surface area (Å²) in [5.41, 5.74) is 6.31. The zero-order valence-electron chi connectivity index (χ0n) is 11.7. The number of pyridine rings is 1. The molecule has 0 unspecified atom stereocenters. The molecule has 0 amide bonds. The summed E-state index contributed by atoms with van der Waals surface area (Å²) in [6, 6.07) is 3.27. The number of nitrogens with two attached hydrogens (primary N) is 1. The van der Waals surface area contributed by atoms with Gasteiger partial charge in [0.05, 0.1) is 0 Å². The summed E-state index contributed by atoms with van der Waals surface area (Å²) in [5, 5.41) is 0.0803. The van der Waals surface area contributed by atoms with Crippen LogP contribution in [0.25, 0.3) is 0 Å². The highest BCUT2D eigenvalue weighted by atomic mass is 32.2. The number of nitrogens with zero attached hydrogens (tertiary/aromatic N) is 1. The molecule has 0 aromatic carbocycles. The SMILES string of the molecule is NCc1ccc(S(=O)(=O)NC2CCCCCCC2)nc1. The first kappa shape index (κ1) is 15.4. The van der Waals surface area contributed by atoms with Crippen molar-refractivity contribution in [3.8, 4) is 0 Å². The summed E-state index contributed by atoms with van der Waals surface area (Å²) < 4.78 is 27.4. The molecule has 3 N–H and O–H groups in total. The van der Waals surface area contributed by atoms with E-state index in [1.165, 1.54) is 31.5 Å². The van der Waals surface area contributed by atoms with Crippen LogP contribution < -0.4 is 10.5 Å². The minimum absolute atomic E-state index is 0.0382. The molecule has 1 aliphatic carbocycles. The second kappa shape index (κ2) is 7.15. The van der Waals surface area contributed by atoms with Gasteiger partial charge in [-0.3, -0.25) is 0 Å². The number of hydrogen-bond donors (Lipinski definition) is 2. The first-order valence-corrected chi connectivity index (χ1v) is 8.77. The molecular weight excluding hydrogens is 274 g/mol. The highest BCUT2D eigenvalue weighted by Crippen LogP contribution is 2.19. The Kier molecular flexibility index (Phi) is 5.51. The Labute approximate surface area is 121 Å². The van der Waals surface area contributed by atoms with Crippen LogP contribution in [-0.4, -0.2) is 19.4 Å². The highest BCUT2D eigenvalue weighted by molar-refractivity contribution is 7.89. The van der Waals surface area contributed by atoms with Crippen molar-refractivity contribution in [1.82, 2.24) is 9.71 Å². The first-order chi connectivity index (χ1) is 9.62. The quantitative estimate of drug-likeness (QED) is 0.889. The second-order valence-corrected chi connectivity index (χ2v) is 7.03. The van der Waals surface area contributed by atoms with Crippen molar-refractivity contribution in [3.63, 3.8) is 0 Å². The average Bonchev–Trinajstić information content (AvgIpc) is 2.42. The van der Waals surface area contributed by atoms with Crippen LogP contribution in [0.3, 0.4) is 0 Å². The number of rotatable bonds is 4. The predicted octanol–water partition coefficient (Wildman–Crippen LogP) is 1.93. The predicted molar refractivity (Wildman–Crippen MR) is 78.6 cm³/mol. The van der Waals surface area contributed by atoms with E-state index in [0.29, 0.717) is 6.54 Å². The molecule has 2 rings (SSSR count). The van der Waals surface area contributed by atoms with Gasteiger partial charge >= 0.3 is 0 Å². The largest absolute Gasteiger partial charge is 0.326 e. The molecule has 0 radical (unpaired) electrons. The third-order valence-electron chi connectivity index (χ3n) is 3.74. The lowest BCUT2D eigenvalue weighted by molar-refractivity contribution is 0.426. The van der Waals surface area contributed by atoms with Crippen LogP contribution in [0.5, 0.6) is 0 Å². The Morgan fingerprint density at radius 1 is 1.15 bits per heavy atom. The number of sulfonamides is 1. The maximum Gasteiger partial charge on any atom is 0.258 e. The van der Waals surface area contributed by atoms with Gasteiger partial charge in [0.15, 0.2) is 5.03 Å². The molecule has 0 aliphatic heterocycles. The molecule has 1 aromatic rings. The van der Waals surface area contributed by atoms with Gasteiger partial charge in [-0.15, -0.1) is 0 Å². The smallest absolute Gasteiger partial charge is 0.258 e. The van der Waals surface area contributed by atoms with Crippen LogP contribution in [-0.2, 0) is 16.6 Å². The van der Waals surface area contributed by atoms with Crippen LogP contribution in [0, 0.1) is 0 Å². The molecule has 20 heavy (non-hydrogen) atoms. The molecule has 6 heteroatoms. The summed E-state index contributed by atoms with van der Waals surface area (Å²) in [6.45, 7) is 0.364. The molecule has 5 nitrogen and oxygen atoms in total. The summed E-state index contributed by atoms with van der Waals surface area (Å²) in [7, 11) is -3.51. The van der Waals surface area contributed by atoms with Gasteiger partial charge < -0.3 is 5.73 Å². The molecule has 0 spiro atoms. The van der Waals surface area contributed by atoms with Gasteiger partial charge in [0.2, 0.25) is 0 Å².